The van der Waals surface area contributed by atoms with Gasteiger partial charge in [0.05, 0.1) is 24.5 Å². The van der Waals surface area contributed by atoms with Crippen molar-refractivity contribution in [2.24, 2.45) is 5.92 Å². The van der Waals surface area contributed by atoms with Crippen LogP contribution in [-0.4, -0.2) is 30.0 Å². The SMILES string of the molecule is COc1ccc(N2C(=O)[C@H]3[C@@H](ON(c4ccccc4)[C@H]3c3cccnc3)C2=O)cc1. The van der Waals surface area contributed by atoms with Gasteiger partial charge in [0.1, 0.15) is 11.7 Å². The first kappa shape index (κ1) is 18.3. The van der Waals surface area contributed by atoms with Crippen molar-refractivity contribution < 1.29 is 19.2 Å². The number of imide groups is 1. The van der Waals surface area contributed by atoms with Crippen LogP contribution in [0.1, 0.15) is 11.6 Å². The fourth-order valence-electron chi connectivity index (χ4n) is 4.09. The third kappa shape index (κ3) is 2.83. The monoisotopic (exact) mass is 401 g/mol. The number of hydrogen-bond donors (Lipinski definition) is 0. The lowest BCUT2D eigenvalue weighted by molar-refractivity contribution is -0.126. The normalized spacial score (nSPS) is 23.0. The highest BCUT2D eigenvalue weighted by Crippen LogP contribution is 2.47. The first-order valence-electron chi connectivity index (χ1n) is 9.62. The van der Waals surface area contributed by atoms with Gasteiger partial charge in [-0.1, -0.05) is 24.3 Å². The third-order valence-corrected chi connectivity index (χ3v) is 5.48. The minimum atomic E-state index is -0.898. The summed E-state index contributed by atoms with van der Waals surface area (Å²) in [6.07, 6.45) is 2.49. The molecule has 2 fully saturated rings. The number of hydroxylamine groups is 1. The fourth-order valence-corrected chi connectivity index (χ4v) is 4.09. The maximum Gasteiger partial charge on any atom is 0.266 e. The van der Waals surface area contributed by atoms with Crippen LogP contribution in [0.25, 0.3) is 0 Å². The highest BCUT2D eigenvalue weighted by Gasteiger charge is 2.60. The Morgan fingerprint density at radius 1 is 0.900 bits per heavy atom. The number of hydrogen-bond acceptors (Lipinski definition) is 6. The molecule has 1 aromatic heterocycles. The van der Waals surface area contributed by atoms with Crippen molar-refractivity contribution in [3.8, 4) is 5.75 Å². The number of rotatable bonds is 4. The van der Waals surface area contributed by atoms with Crippen molar-refractivity contribution >= 4 is 23.2 Å². The highest BCUT2D eigenvalue weighted by atomic mass is 16.7. The number of pyridine rings is 1. The van der Waals surface area contributed by atoms with E-state index in [9.17, 15) is 9.59 Å². The number of para-hydroxylation sites is 1. The summed E-state index contributed by atoms with van der Waals surface area (Å²) < 4.78 is 5.17. The molecule has 2 saturated heterocycles. The van der Waals surface area contributed by atoms with Crippen molar-refractivity contribution in [3.05, 3.63) is 84.7 Å². The Hall–Kier alpha value is -3.71. The predicted molar refractivity (Wildman–Crippen MR) is 110 cm³/mol. The molecule has 30 heavy (non-hydrogen) atoms. The molecule has 5 rings (SSSR count). The van der Waals surface area contributed by atoms with Gasteiger partial charge in [-0.15, -0.1) is 0 Å². The number of carbonyl (C=O) groups is 2. The van der Waals surface area contributed by atoms with Gasteiger partial charge < -0.3 is 4.74 Å². The molecule has 2 aromatic carbocycles. The van der Waals surface area contributed by atoms with E-state index in [1.807, 2.05) is 42.5 Å². The van der Waals surface area contributed by atoms with Crippen molar-refractivity contribution in [3.63, 3.8) is 0 Å². The number of fused-ring (bicyclic) bond motifs is 1. The average molecular weight is 401 g/mol. The van der Waals surface area contributed by atoms with Crippen LogP contribution < -0.4 is 14.7 Å². The summed E-state index contributed by atoms with van der Waals surface area (Å²) in [6.45, 7) is 0. The largest absolute Gasteiger partial charge is 0.497 e. The number of benzene rings is 2. The van der Waals surface area contributed by atoms with Crippen LogP contribution in [0.3, 0.4) is 0 Å². The summed E-state index contributed by atoms with van der Waals surface area (Å²) in [4.78, 5) is 38.2. The summed E-state index contributed by atoms with van der Waals surface area (Å²) in [5, 5.41) is 1.66. The summed E-state index contributed by atoms with van der Waals surface area (Å²) in [5.74, 6) is -0.688. The first-order valence-corrected chi connectivity index (χ1v) is 9.62. The Labute approximate surface area is 173 Å². The van der Waals surface area contributed by atoms with Crippen molar-refractivity contribution in [2.75, 3.05) is 17.1 Å². The molecule has 7 heteroatoms. The van der Waals surface area contributed by atoms with E-state index in [-0.39, 0.29) is 11.8 Å². The van der Waals surface area contributed by atoms with Crippen LogP contribution in [0.5, 0.6) is 5.75 Å². The second-order valence-electron chi connectivity index (χ2n) is 7.15. The maximum atomic E-state index is 13.5. The van der Waals surface area contributed by atoms with E-state index < -0.39 is 18.1 Å². The molecular weight excluding hydrogens is 382 g/mol. The number of ether oxygens (including phenoxy) is 1. The fraction of sp³-hybridized carbons (Fsp3) is 0.174. The van der Waals surface area contributed by atoms with E-state index in [0.29, 0.717) is 11.4 Å². The number of anilines is 2. The van der Waals surface area contributed by atoms with Crippen LogP contribution in [0.4, 0.5) is 11.4 Å². The minimum Gasteiger partial charge on any atom is -0.497 e. The van der Waals surface area contributed by atoms with Crippen molar-refractivity contribution in [1.29, 1.82) is 0 Å². The van der Waals surface area contributed by atoms with Gasteiger partial charge in [-0.3, -0.25) is 19.4 Å². The van der Waals surface area contributed by atoms with Crippen LogP contribution in [-0.2, 0) is 14.4 Å². The molecule has 3 aromatic rings. The number of amides is 2. The lowest BCUT2D eigenvalue weighted by atomic mass is 9.91. The molecule has 7 nitrogen and oxygen atoms in total. The Balaban J connectivity index is 1.55. The van der Waals surface area contributed by atoms with E-state index >= 15 is 0 Å². The Kier molecular flexibility index (Phi) is 4.44. The third-order valence-electron chi connectivity index (χ3n) is 5.48. The molecular formula is C23H19N3O4. The second-order valence-corrected chi connectivity index (χ2v) is 7.15. The van der Waals surface area contributed by atoms with Crippen LogP contribution in [0, 0.1) is 5.92 Å². The topological polar surface area (TPSA) is 72.0 Å². The zero-order chi connectivity index (χ0) is 20.7. The van der Waals surface area contributed by atoms with Gasteiger partial charge in [-0.25, -0.2) is 9.96 Å². The molecule has 2 aliphatic rings. The lowest BCUT2D eigenvalue weighted by Crippen LogP contribution is -2.37. The summed E-state index contributed by atoms with van der Waals surface area (Å²) in [6, 6.07) is 19.5. The van der Waals surface area contributed by atoms with Gasteiger partial charge >= 0.3 is 0 Å². The number of methoxy groups -OCH3 is 1. The van der Waals surface area contributed by atoms with Crippen LogP contribution in [0.15, 0.2) is 79.1 Å². The van der Waals surface area contributed by atoms with E-state index in [0.717, 1.165) is 11.3 Å². The van der Waals surface area contributed by atoms with Gasteiger partial charge in [-0.05, 0) is 48.0 Å². The molecule has 0 spiro atoms. The Morgan fingerprint density at radius 2 is 1.67 bits per heavy atom. The molecule has 0 radical (unpaired) electrons. The molecule has 0 N–H and O–H groups in total. The van der Waals surface area contributed by atoms with Gasteiger partial charge in [-0.2, -0.15) is 0 Å². The maximum absolute atomic E-state index is 13.5. The summed E-state index contributed by atoms with van der Waals surface area (Å²) >= 11 is 0. The minimum absolute atomic E-state index is 0.289. The first-order chi connectivity index (χ1) is 14.7. The summed E-state index contributed by atoms with van der Waals surface area (Å²) in [7, 11) is 1.57. The lowest BCUT2D eigenvalue weighted by Gasteiger charge is -2.28. The van der Waals surface area contributed by atoms with Gasteiger partial charge in [0.15, 0.2) is 6.10 Å². The standard InChI is InChI=1S/C23H19N3O4/c1-29-18-11-9-16(10-12-18)25-22(27)19-20(15-6-5-13-24-14-15)26(30-21(19)23(25)28)17-7-3-2-4-8-17/h2-14,19-21H,1H3/t19-,20+,21-/m1/s1. The highest BCUT2D eigenvalue weighted by molar-refractivity contribution is 6.23. The van der Waals surface area contributed by atoms with E-state index in [1.54, 1.807) is 48.8 Å². The molecule has 0 bridgehead atoms. The molecule has 150 valence electrons. The van der Waals surface area contributed by atoms with Gasteiger partial charge in [0.25, 0.3) is 5.91 Å². The average Bonchev–Trinajstić information content (AvgIpc) is 3.31. The Morgan fingerprint density at radius 3 is 2.33 bits per heavy atom. The zero-order valence-corrected chi connectivity index (χ0v) is 16.2. The van der Waals surface area contributed by atoms with E-state index in [2.05, 4.69) is 4.98 Å². The molecule has 2 aliphatic heterocycles. The molecule has 0 unspecified atom stereocenters. The molecule has 0 saturated carbocycles. The Bertz CT molecular complexity index is 1070. The van der Waals surface area contributed by atoms with Gasteiger partial charge in [0, 0.05) is 12.4 Å². The van der Waals surface area contributed by atoms with Crippen molar-refractivity contribution in [2.45, 2.75) is 12.1 Å². The quantitative estimate of drug-likeness (QED) is 0.626. The second kappa shape index (κ2) is 7.27. The number of carbonyl (C=O) groups excluding carboxylic acids is 2. The zero-order valence-electron chi connectivity index (χ0n) is 16.2. The molecule has 2 amide bonds. The molecule has 3 atom stereocenters. The molecule has 3 heterocycles. The van der Waals surface area contributed by atoms with E-state index in [1.165, 1.54) is 4.90 Å². The number of nitrogens with zero attached hydrogens (tertiary/aromatic N) is 3. The smallest absolute Gasteiger partial charge is 0.266 e. The number of aromatic nitrogens is 1. The van der Waals surface area contributed by atoms with Crippen LogP contribution >= 0.6 is 0 Å². The van der Waals surface area contributed by atoms with Crippen LogP contribution in [0.2, 0.25) is 0 Å². The molecule has 0 aliphatic carbocycles. The van der Waals surface area contributed by atoms with Gasteiger partial charge in [0.2, 0.25) is 5.91 Å². The van der Waals surface area contributed by atoms with Crippen molar-refractivity contribution in [1.82, 2.24) is 4.98 Å². The van der Waals surface area contributed by atoms with E-state index in [4.69, 9.17) is 9.57 Å². The summed E-state index contributed by atoms with van der Waals surface area (Å²) in [5.41, 5.74) is 2.09. The predicted octanol–water partition coefficient (Wildman–Crippen LogP) is 3.14.